The fourth-order valence-corrected chi connectivity index (χ4v) is 1.58. The van der Waals surface area contributed by atoms with Crippen molar-refractivity contribution in [1.29, 1.82) is 0 Å². The molecule has 0 radical (unpaired) electrons. The molecule has 1 rings (SSSR count). The molecule has 0 atom stereocenters. The number of hydrogen-bond acceptors (Lipinski definition) is 2. The van der Waals surface area contributed by atoms with Gasteiger partial charge >= 0.3 is 6.03 Å². The van der Waals surface area contributed by atoms with Crippen LogP contribution in [0, 0.1) is 0 Å². The molecule has 0 aliphatic carbocycles. The van der Waals surface area contributed by atoms with Gasteiger partial charge in [-0.1, -0.05) is 23.7 Å². The first kappa shape index (κ1) is 13.8. The minimum atomic E-state index is -0.455. The second-order valence-electron chi connectivity index (χ2n) is 4.30. The molecule has 94 valence electrons. The highest BCUT2D eigenvalue weighted by Crippen LogP contribution is 2.21. The zero-order chi connectivity index (χ0) is 12.9. The van der Waals surface area contributed by atoms with Gasteiger partial charge in [-0.05, 0) is 31.5 Å². The number of halogens is 1. The van der Waals surface area contributed by atoms with Crippen molar-refractivity contribution < 1.29 is 4.79 Å². The van der Waals surface area contributed by atoms with Crippen LogP contribution in [0.15, 0.2) is 24.3 Å². The lowest BCUT2D eigenvalue weighted by atomic mass is 9.94. The third-order valence-corrected chi connectivity index (χ3v) is 2.67. The van der Waals surface area contributed by atoms with E-state index < -0.39 is 5.54 Å². The van der Waals surface area contributed by atoms with Crippen molar-refractivity contribution in [3.8, 4) is 0 Å². The van der Waals surface area contributed by atoms with E-state index in [0.29, 0.717) is 18.1 Å². The third kappa shape index (κ3) is 4.24. The molecule has 1 aromatic carbocycles. The number of hydrogen-bond donors (Lipinski definition) is 3. The molecule has 0 bridgehead atoms. The molecule has 4 N–H and O–H groups in total. The zero-order valence-corrected chi connectivity index (χ0v) is 10.8. The van der Waals surface area contributed by atoms with Gasteiger partial charge in [0.2, 0.25) is 0 Å². The molecule has 17 heavy (non-hydrogen) atoms. The first-order valence-corrected chi connectivity index (χ1v) is 5.85. The first-order chi connectivity index (χ1) is 7.95. The summed E-state index contributed by atoms with van der Waals surface area (Å²) < 4.78 is 0. The van der Waals surface area contributed by atoms with Crippen LogP contribution in [-0.2, 0) is 5.54 Å². The number of amides is 2. The molecule has 0 aromatic heterocycles. The van der Waals surface area contributed by atoms with Crippen LogP contribution in [0.2, 0.25) is 5.02 Å². The molecule has 0 heterocycles. The Hall–Kier alpha value is -1.26. The van der Waals surface area contributed by atoms with E-state index in [1.807, 2.05) is 26.0 Å². The van der Waals surface area contributed by atoms with Crippen molar-refractivity contribution >= 4 is 17.6 Å². The molecule has 0 unspecified atom stereocenters. The lowest BCUT2D eigenvalue weighted by molar-refractivity contribution is 0.230. The number of urea groups is 1. The number of nitrogens with two attached hydrogens (primary N) is 1. The Bertz CT molecular complexity index is 376. The zero-order valence-electron chi connectivity index (χ0n) is 10.1. The van der Waals surface area contributed by atoms with E-state index in [9.17, 15) is 4.79 Å². The van der Waals surface area contributed by atoms with Gasteiger partial charge in [0.1, 0.15) is 0 Å². The Morgan fingerprint density at radius 2 is 1.94 bits per heavy atom. The van der Waals surface area contributed by atoms with Gasteiger partial charge in [0.05, 0.1) is 5.54 Å². The Labute approximate surface area is 107 Å². The fraction of sp³-hybridized carbons (Fsp3) is 0.417. The van der Waals surface area contributed by atoms with Crippen LogP contribution >= 0.6 is 11.6 Å². The molecule has 0 spiro atoms. The number of benzene rings is 1. The maximum absolute atomic E-state index is 11.6. The van der Waals surface area contributed by atoms with Gasteiger partial charge in [0, 0.05) is 18.1 Å². The molecule has 0 aliphatic heterocycles. The average Bonchev–Trinajstić information content (AvgIpc) is 2.26. The van der Waals surface area contributed by atoms with Crippen LogP contribution in [-0.4, -0.2) is 19.1 Å². The number of carbonyl (C=O) groups excluding carboxylic acids is 1. The van der Waals surface area contributed by atoms with Crippen LogP contribution in [0.4, 0.5) is 4.79 Å². The predicted octanol–water partition coefficient (Wildman–Crippen LogP) is 1.83. The summed E-state index contributed by atoms with van der Waals surface area (Å²) in [6.07, 6.45) is 0. The van der Waals surface area contributed by atoms with Crippen molar-refractivity contribution in [1.82, 2.24) is 10.6 Å². The normalized spacial score (nSPS) is 11.1. The highest BCUT2D eigenvalue weighted by molar-refractivity contribution is 6.30. The number of nitrogens with one attached hydrogen (secondary N) is 2. The van der Waals surface area contributed by atoms with E-state index in [4.69, 9.17) is 17.3 Å². The van der Waals surface area contributed by atoms with Crippen molar-refractivity contribution in [3.63, 3.8) is 0 Å². The van der Waals surface area contributed by atoms with Crippen LogP contribution in [0.1, 0.15) is 19.4 Å². The van der Waals surface area contributed by atoms with E-state index in [0.717, 1.165) is 5.56 Å². The van der Waals surface area contributed by atoms with Crippen LogP contribution < -0.4 is 16.4 Å². The third-order valence-electron chi connectivity index (χ3n) is 2.42. The monoisotopic (exact) mass is 255 g/mol. The van der Waals surface area contributed by atoms with E-state index in [-0.39, 0.29) is 6.03 Å². The molecule has 4 nitrogen and oxygen atoms in total. The molecule has 0 aliphatic rings. The number of carbonyl (C=O) groups is 1. The Balaban J connectivity index is 2.67. The lowest BCUT2D eigenvalue weighted by Crippen LogP contribution is -2.47. The quantitative estimate of drug-likeness (QED) is 0.769. The molecule has 0 saturated carbocycles. The maximum atomic E-state index is 11.6. The lowest BCUT2D eigenvalue weighted by Gasteiger charge is -2.27. The minimum absolute atomic E-state index is 0.226. The summed E-state index contributed by atoms with van der Waals surface area (Å²) >= 11 is 5.82. The SMILES string of the molecule is CC(C)(NC(=O)NCCN)c1ccc(Cl)cc1. The Kier molecular flexibility index (Phi) is 4.78. The summed E-state index contributed by atoms with van der Waals surface area (Å²) in [5, 5.41) is 6.22. The highest BCUT2D eigenvalue weighted by atomic mass is 35.5. The van der Waals surface area contributed by atoms with Gasteiger partial charge in [0.15, 0.2) is 0 Å². The van der Waals surface area contributed by atoms with Crippen LogP contribution in [0.5, 0.6) is 0 Å². The summed E-state index contributed by atoms with van der Waals surface area (Å²) in [6, 6.07) is 7.17. The summed E-state index contributed by atoms with van der Waals surface area (Å²) in [4.78, 5) is 11.6. The van der Waals surface area contributed by atoms with E-state index in [1.54, 1.807) is 12.1 Å². The summed E-state index contributed by atoms with van der Waals surface area (Å²) in [5.74, 6) is 0. The second kappa shape index (κ2) is 5.89. The summed E-state index contributed by atoms with van der Waals surface area (Å²) in [7, 11) is 0. The van der Waals surface area contributed by atoms with Crippen molar-refractivity contribution in [3.05, 3.63) is 34.9 Å². The topological polar surface area (TPSA) is 67.2 Å². The van der Waals surface area contributed by atoms with Gasteiger partial charge in [-0.15, -0.1) is 0 Å². The minimum Gasteiger partial charge on any atom is -0.337 e. The maximum Gasteiger partial charge on any atom is 0.315 e. The summed E-state index contributed by atoms with van der Waals surface area (Å²) in [6.45, 7) is 4.74. The van der Waals surface area contributed by atoms with Crippen molar-refractivity contribution in [2.75, 3.05) is 13.1 Å². The van der Waals surface area contributed by atoms with E-state index in [1.165, 1.54) is 0 Å². The van der Waals surface area contributed by atoms with Crippen LogP contribution in [0.25, 0.3) is 0 Å². The van der Waals surface area contributed by atoms with Gasteiger partial charge in [-0.2, -0.15) is 0 Å². The molecular formula is C12H18ClN3O. The van der Waals surface area contributed by atoms with Gasteiger partial charge < -0.3 is 16.4 Å². The van der Waals surface area contributed by atoms with Gasteiger partial charge in [-0.3, -0.25) is 0 Å². The summed E-state index contributed by atoms with van der Waals surface area (Å²) in [5.41, 5.74) is 5.85. The standard InChI is InChI=1S/C12H18ClN3O/c1-12(2,16-11(17)15-8-7-14)9-3-5-10(13)6-4-9/h3-6H,7-8,14H2,1-2H3,(H2,15,16,17). The first-order valence-electron chi connectivity index (χ1n) is 5.48. The molecule has 1 aromatic rings. The average molecular weight is 256 g/mol. The molecule has 0 saturated heterocycles. The molecule has 0 fully saturated rings. The second-order valence-corrected chi connectivity index (χ2v) is 4.74. The Morgan fingerprint density at radius 1 is 1.35 bits per heavy atom. The van der Waals surface area contributed by atoms with Crippen molar-refractivity contribution in [2.24, 2.45) is 5.73 Å². The predicted molar refractivity (Wildman–Crippen MR) is 70.1 cm³/mol. The molecule has 2 amide bonds. The number of rotatable bonds is 4. The van der Waals surface area contributed by atoms with Crippen molar-refractivity contribution in [2.45, 2.75) is 19.4 Å². The highest BCUT2D eigenvalue weighted by Gasteiger charge is 2.22. The van der Waals surface area contributed by atoms with Gasteiger partial charge in [0.25, 0.3) is 0 Å². The molecular weight excluding hydrogens is 238 g/mol. The fourth-order valence-electron chi connectivity index (χ4n) is 1.45. The van der Waals surface area contributed by atoms with Gasteiger partial charge in [-0.25, -0.2) is 4.79 Å². The largest absolute Gasteiger partial charge is 0.337 e. The van der Waals surface area contributed by atoms with E-state index in [2.05, 4.69) is 10.6 Å². The van der Waals surface area contributed by atoms with E-state index >= 15 is 0 Å². The molecule has 5 heteroatoms. The smallest absolute Gasteiger partial charge is 0.315 e. The Morgan fingerprint density at radius 3 is 2.47 bits per heavy atom. The van der Waals surface area contributed by atoms with Crippen LogP contribution in [0.3, 0.4) is 0 Å².